The van der Waals surface area contributed by atoms with Gasteiger partial charge in [0.2, 0.25) is 0 Å². The fourth-order valence-electron chi connectivity index (χ4n) is 5.86. The number of rotatable bonds is 4. The second kappa shape index (κ2) is 7.83. The number of fused-ring (bicyclic) bond motifs is 1. The molecule has 3 aliphatic rings. The summed E-state index contributed by atoms with van der Waals surface area (Å²) in [6.45, 7) is 3.11. The van der Waals surface area contributed by atoms with Crippen molar-refractivity contribution in [3.8, 4) is 5.75 Å². The summed E-state index contributed by atoms with van der Waals surface area (Å²) in [5, 5.41) is 0. The molecule has 4 nitrogen and oxygen atoms in total. The van der Waals surface area contributed by atoms with Crippen molar-refractivity contribution in [1.82, 2.24) is 9.80 Å². The Bertz CT molecular complexity index is 862. The molecule has 0 unspecified atom stereocenters. The van der Waals surface area contributed by atoms with Crippen LogP contribution in [-0.4, -0.2) is 48.5 Å². The van der Waals surface area contributed by atoms with Gasteiger partial charge >= 0.3 is 0 Å². The summed E-state index contributed by atoms with van der Waals surface area (Å²) in [6, 6.07) is 19.1. The highest BCUT2D eigenvalue weighted by Gasteiger charge is 2.50. The van der Waals surface area contributed by atoms with Crippen molar-refractivity contribution in [2.75, 3.05) is 26.7 Å². The quantitative estimate of drug-likeness (QED) is 0.777. The van der Waals surface area contributed by atoms with E-state index in [1.54, 1.807) is 7.11 Å². The van der Waals surface area contributed by atoms with E-state index in [-0.39, 0.29) is 11.9 Å². The summed E-state index contributed by atoms with van der Waals surface area (Å²) in [6.07, 6.45) is 5.45. The summed E-state index contributed by atoms with van der Waals surface area (Å²) < 4.78 is 5.35. The van der Waals surface area contributed by atoms with Crippen LogP contribution in [0.2, 0.25) is 0 Å². The van der Waals surface area contributed by atoms with E-state index in [4.69, 9.17) is 4.74 Å². The second-order valence-corrected chi connectivity index (χ2v) is 8.86. The van der Waals surface area contributed by atoms with Gasteiger partial charge in [-0.1, -0.05) is 49.2 Å². The minimum absolute atomic E-state index is 0.125. The lowest BCUT2D eigenvalue weighted by molar-refractivity contribution is 0.0693. The number of methoxy groups -OCH3 is 1. The van der Waals surface area contributed by atoms with Crippen molar-refractivity contribution in [3.05, 3.63) is 65.7 Å². The lowest BCUT2D eigenvalue weighted by Gasteiger charge is -2.31. The van der Waals surface area contributed by atoms with Gasteiger partial charge in [0.25, 0.3) is 5.91 Å². The standard InChI is InChI=1S/C25H30N2O2/c1-29-22-13-7-10-19(14-22)25(28)27-16-20-15-26(21-11-5-6-12-21)17-23(20)24(27)18-8-3-2-4-9-18/h2-4,7-10,13-14,20-21,23-24H,5-6,11-12,15-17H2,1H3/t20-,23-,24+/m0/s1. The minimum atomic E-state index is 0.125. The van der Waals surface area contributed by atoms with Crippen LogP contribution < -0.4 is 4.74 Å². The van der Waals surface area contributed by atoms with E-state index in [1.807, 2.05) is 24.3 Å². The third kappa shape index (κ3) is 3.44. The van der Waals surface area contributed by atoms with Gasteiger partial charge in [0, 0.05) is 37.2 Å². The van der Waals surface area contributed by atoms with Gasteiger partial charge in [-0.05, 0) is 42.5 Å². The van der Waals surface area contributed by atoms with Crippen LogP contribution in [0, 0.1) is 11.8 Å². The summed E-state index contributed by atoms with van der Waals surface area (Å²) in [4.78, 5) is 18.4. The van der Waals surface area contributed by atoms with Crippen molar-refractivity contribution in [3.63, 3.8) is 0 Å². The number of carbonyl (C=O) groups is 1. The van der Waals surface area contributed by atoms with E-state index in [0.29, 0.717) is 11.8 Å². The number of nitrogens with zero attached hydrogens (tertiary/aromatic N) is 2. The number of amides is 1. The smallest absolute Gasteiger partial charge is 0.254 e. The van der Waals surface area contributed by atoms with Crippen LogP contribution in [0.4, 0.5) is 0 Å². The van der Waals surface area contributed by atoms with Gasteiger partial charge in [0.1, 0.15) is 5.75 Å². The maximum absolute atomic E-state index is 13.5. The first kappa shape index (κ1) is 18.7. The zero-order valence-electron chi connectivity index (χ0n) is 17.2. The second-order valence-electron chi connectivity index (χ2n) is 8.86. The highest BCUT2D eigenvalue weighted by atomic mass is 16.5. The van der Waals surface area contributed by atoms with Crippen molar-refractivity contribution >= 4 is 5.91 Å². The molecule has 2 saturated heterocycles. The molecule has 2 aromatic carbocycles. The number of hydrogen-bond acceptors (Lipinski definition) is 3. The predicted octanol–water partition coefficient (Wildman–Crippen LogP) is 4.38. The van der Waals surface area contributed by atoms with Crippen LogP contribution >= 0.6 is 0 Å². The van der Waals surface area contributed by atoms with E-state index < -0.39 is 0 Å². The maximum Gasteiger partial charge on any atom is 0.254 e. The Morgan fingerprint density at radius 1 is 0.966 bits per heavy atom. The SMILES string of the molecule is COc1cccc(C(=O)N2C[C@@H]3CN(C4CCCC4)C[C@@H]3[C@H]2c2ccccc2)c1. The van der Waals surface area contributed by atoms with E-state index in [9.17, 15) is 4.79 Å². The van der Waals surface area contributed by atoms with E-state index >= 15 is 0 Å². The first-order valence-corrected chi connectivity index (χ1v) is 11.0. The molecule has 2 aliphatic heterocycles. The average Bonchev–Trinajstić information content (AvgIpc) is 3.49. The lowest BCUT2D eigenvalue weighted by Crippen LogP contribution is -2.38. The average molecular weight is 391 g/mol. The van der Waals surface area contributed by atoms with Gasteiger partial charge in [0.05, 0.1) is 13.2 Å². The zero-order valence-corrected chi connectivity index (χ0v) is 17.2. The van der Waals surface area contributed by atoms with Crippen LogP contribution in [0.25, 0.3) is 0 Å². The summed E-state index contributed by atoms with van der Waals surface area (Å²) >= 11 is 0. The van der Waals surface area contributed by atoms with Gasteiger partial charge in [-0.15, -0.1) is 0 Å². The fraction of sp³-hybridized carbons (Fsp3) is 0.480. The number of likely N-dealkylation sites (tertiary alicyclic amines) is 2. The first-order valence-electron chi connectivity index (χ1n) is 11.0. The van der Waals surface area contributed by atoms with Crippen LogP contribution in [0.15, 0.2) is 54.6 Å². The van der Waals surface area contributed by atoms with Gasteiger partial charge in [0.15, 0.2) is 0 Å². The number of ether oxygens (including phenoxy) is 1. The van der Waals surface area contributed by atoms with Crippen molar-refractivity contribution in [2.24, 2.45) is 11.8 Å². The van der Waals surface area contributed by atoms with Crippen LogP contribution in [0.5, 0.6) is 5.75 Å². The molecule has 0 N–H and O–H groups in total. The molecule has 0 radical (unpaired) electrons. The summed E-state index contributed by atoms with van der Waals surface area (Å²) in [7, 11) is 1.65. The Morgan fingerprint density at radius 3 is 2.52 bits per heavy atom. The van der Waals surface area contributed by atoms with Gasteiger partial charge < -0.3 is 9.64 Å². The molecule has 2 aromatic rings. The molecular formula is C25H30N2O2. The van der Waals surface area contributed by atoms with E-state index in [0.717, 1.165) is 37.0 Å². The highest BCUT2D eigenvalue weighted by Crippen LogP contribution is 2.47. The normalized spacial score (nSPS) is 27.3. The molecule has 0 spiro atoms. The van der Waals surface area contributed by atoms with E-state index in [2.05, 4.69) is 40.1 Å². The molecule has 5 rings (SSSR count). The van der Waals surface area contributed by atoms with Crippen LogP contribution in [0.3, 0.4) is 0 Å². The maximum atomic E-state index is 13.5. The van der Waals surface area contributed by atoms with Crippen molar-refractivity contribution < 1.29 is 9.53 Å². The minimum Gasteiger partial charge on any atom is -0.497 e. The summed E-state index contributed by atoms with van der Waals surface area (Å²) in [5.41, 5.74) is 1.99. The monoisotopic (exact) mass is 390 g/mol. The summed E-state index contributed by atoms with van der Waals surface area (Å²) in [5.74, 6) is 1.95. The third-order valence-corrected chi connectivity index (χ3v) is 7.25. The third-order valence-electron chi connectivity index (χ3n) is 7.25. The molecule has 3 atom stereocenters. The number of carbonyl (C=O) groups excluding carboxylic acids is 1. The van der Waals surface area contributed by atoms with Crippen molar-refractivity contribution in [2.45, 2.75) is 37.8 Å². The molecular weight excluding hydrogens is 360 g/mol. The molecule has 0 aromatic heterocycles. The molecule has 1 aliphatic carbocycles. The van der Waals surface area contributed by atoms with Crippen LogP contribution in [-0.2, 0) is 0 Å². The van der Waals surface area contributed by atoms with Gasteiger partial charge in [-0.3, -0.25) is 9.69 Å². The largest absolute Gasteiger partial charge is 0.497 e. The molecule has 152 valence electrons. The molecule has 1 saturated carbocycles. The van der Waals surface area contributed by atoms with E-state index in [1.165, 1.54) is 31.2 Å². The van der Waals surface area contributed by atoms with Gasteiger partial charge in [-0.25, -0.2) is 0 Å². The number of benzene rings is 2. The molecule has 29 heavy (non-hydrogen) atoms. The Kier molecular flexibility index (Phi) is 5.04. The lowest BCUT2D eigenvalue weighted by atomic mass is 9.89. The molecule has 2 heterocycles. The molecule has 1 amide bonds. The molecule has 3 fully saturated rings. The Labute approximate surface area is 173 Å². The molecule has 4 heteroatoms. The predicted molar refractivity (Wildman–Crippen MR) is 114 cm³/mol. The Hall–Kier alpha value is -2.33. The Morgan fingerprint density at radius 2 is 1.76 bits per heavy atom. The van der Waals surface area contributed by atoms with Crippen LogP contribution in [0.1, 0.15) is 47.6 Å². The molecule has 0 bridgehead atoms. The fourth-order valence-corrected chi connectivity index (χ4v) is 5.86. The van der Waals surface area contributed by atoms with Crippen molar-refractivity contribution in [1.29, 1.82) is 0 Å². The first-order chi connectivity index (χ1) is 14.2. The highest BCUT2D eigenvalue weighted by molar-refractivity contribution is 5.95. The zero-order chi connectivity index (χ0) is 19.8. The number of hydrogen-bond donors (Lipinski definition) is 0. The topological polar surface area (TPSA) is 32.8 Å². The van der Waals surface area contributed by atoms with Gasteiger partial charge in [-0.2, -0.15) is 0 Å². The Balaban J connectivity index is 1.44.